The molecule has 6 heteroatoms. The second-order valence-corrected chi connectivity index (χ2v) is 3.55. The molecule has 0 spiro atoms. The first kappa shape index (κ1) is 12.0. The second kappa shape index (κ2) is 4.40. The molecule has 0 saturated carbocycles. The molecule has 0 radical (unpaired) electrons. The molecule has 1 aromatic heterocycles. The first-order valence-electron chi connectivity index (χ1n) is 4.94. The predicted octanol–water partition coefficient (Wildman–Crippen LogP) is 2.31. The Kier molecular flexibility index (Phi) is 2.93. The number of aromatic nitrogens is 1. The lowest BCUT2D eigenvalue weighted by Gasteiger charge is -2.09. The van der Waals surface area contributed by atoms with Gasteiger partial charge >= 0.3 is 5.97 Å². The molecule has 4 nitrogen and oxygen atoms in total. The summed E-state index contributed by atoms with van der Waals surface area (Å²) >= 11 is 0. The molecule has 0 unspecified atom stereocenters. The molecular weight excluding hydrogens is 242 g/mol. The van der Waals surface area contributed by atoms with E-state index in [-0.39, 0.29) is 22.5 Å². The third-order valence-electron chi connectivity index (χ3n) is 2.41. The summed E-state index contributed by atoms with van der Waals surface area (Å²) in [5.74, 6) is -2.99. The number of nitrogens with zero attached hydrogens (tertiary/aromatic N) is 1. The quantitative estimate of drug-likeness (QED) is 0.857. The zero-order valence-electron chi connectivity index (χ0n) is 9.02. The van der Waals surface area contributed by atoms with Gasteiger partial charge in [-0.15, -0.1) is 0 Å². The van der Waals surface area contributed by atoms with E-state index in [0.717, 1.165) is 18.2 Å². The van der Waals surface area contributed by atoms with E-state index >= 15 is 0 Å². The number of aromatic carboxylic acids is 1. The Labute approximate surface area is 101 Å². The number of carboxylic acid groups (broad SMARTS) is 1. The highest BCUT2D eigenvalue weighted by Crippen LogP contribution is 2.29. The van der Waals surface area contributed by atoms with E-state index in [4.69, 9.17) is 10.8 Å². The molecule has 1 heterocycles. The number of carboxylic acids is 1. The lowest BCUT2D eigenvalue weighted by atomic mass is 10.0. The molecule has 0 aliphatic carbocycles. The first-order valence-corrected chi connectivity index (χ1v) is 4.94. The van der Waals surface area contributed by atoms with Gasteiger partial charge in [-0.05, 0) is 24.3 Å². The van der Waals surface area contributed by atoms with Crippen LogP contribution in [0.1, 0.15) is 10.4 Å². The van der Waals surface area contributed by atoms with E-state index in [2.05, 4.69) is 4.98 Å². The molecule has 3 N–H and O–H groups in total. The van der Waals surface area contributed by atoms with Crippen LogP contribution in [0.4, 0.5) is 14.6 Å². The Balaban J connectivity index is 2.75. The number of hydrogen-bond donors (Lipinski definition) is 2. The summed E-state index contributed by atoms with van der Waals surface area (Å²) in [7, 11) is 0. The number of nitrogens with two attached hydrogens (primary N) is 1. The van der Waals surface area contributed by atoms with Crippen molar-refractivity contribution in [2.45, 2.75) is 0 Å². The van der Waals surface area contributed by atoms with Crippen LogP contribution in [0.3, 0.4) is 0 Å². The lowest BCUT2D eigenvalue weighted by molar-refractivity contribution is 0.0698. The maximum Gasteiger partial charge on any atom is 0.340 e. The molecule has 0 bridgehead atoms. The topological polar surface area (TPSA) is 76.2 Å². The average Bonchev–Trinajstić information content (AvgIpc) is 2.31. The van der Waals surface area contributed by atoms with Crippen molar-refractivity contribution in [1.29, 1.82) is 0 Å². The summed E-state index contributed by atoms with van der Waals surface area (Å²) in [6.45, 7) is 0. The SMILES string of the molecule is Nc1nccc(-c2cc(F)ccc2F)c1C(=O)O. The largest absolute Gasteiger partial charge is 0.478 e. The van der Waals surface area contributed by atoms with Gasteiger partial charge in [0.2, 0.25) is 0 Å². The van der Waals surface area contributed by atoms with Crippen LogP contribution < -0.4 is 5.73 Å². The fourth-order valence-electron chi connectivity index (χ4n) is 1.63. The van der Waals surface area contributed by atoms with Crippen molar-refractivity contribution < 1.29 is 18.7 Å². The maximum atomic E-state index is 13.6. The lowest BCUT2D eigenvalue weighted by Crippen LogP contribution is -2.07. The van der Waals surface area contributed by atoms with E-state index in [0.29, 0.717) is 0 Å². The van der Waals surface area contributed by atoms with Crippen LogP contribution in [0.25, 0.3) is 11.1 Å². The van der Waals surface area contributed by atoms with Gasteiger partial charge in [-0.2, -0.15) is 0 Å². The molecule has 0 atom stereocenters. The van der Waals surface area contributed by atoms with Crippen LogP contribution in [0.15, 0.2) is 30.5 Å². The molecule has 0 aliphatic rings. The summed E-state index contributed by atoms with van der Waals surface area (Å²) in [4.78, 5) is 14.7. The number of halogens is 2. The summed E-state index contributed by atoms with van der Waals surface area (Å²) in [6.07, 6.45) is 1.24. The van der Waals surface area contributed by atoms with Crippen LogP contribution in [0.5, 0.6) is 0 Å². The summed E-state index contributed by atoms with van der Waals surface area (Å²) < 4.78 is 26.7. The van der Waals surface area contributed by atoms with Crippen molar-refractivity contribution in [3.8, 4) is 11.1 Å². The Morgan fingerprint density at radius 1 is 1.22 bits per heavy atom. The number of pyridine rings is 1. The summed E-state index contributed by atoms with van der Waals surface area (Å²) in [5, 5.41) is 9.03. The van der Waals surface area contributed by atoms with Gasteiger partial charge < -0.3 is 10.8 Å². The highest BCUT2D eigenvalue weighted by Gasteiger charge is 2.18. The Morgan fingerprint density at radius 2 is 1.94 bits per heavy atom. The van der Waals surface area contributed by atoms with Gasteiger partial charge in [0.05, 0.1) is 0 Å². The highest BCUT2D eigenvalue weighted by atomic mass is 19.1. The van der Waals surface area contributed by atoms with E-state index in [1.54, 1.807) is 0 Å². The van der Waals surface area contributed by atoms with E-state index in [9.17, 15) is 13.6 Å². The van der Waals surface area contributed by atoms with Crippen molar-refractivity contribution in [3.05, 3.63) is 47.7 Å². The van der Waals surface area contributed by atoms with Crippen molar-refractivity contribution in [1.82, 2.24) is 4.98 Å². The Morgan fingerprint density at radius 3 is 2.61 bits per heavy atom. The van der Waals surface area contributed by atoms with Crippen LogP contribution in [-0.2, 0) is 0 Å². The molecular formula is C12H8F2N2O2. The number of carbonyl (C=O) groups is 1. The number of anilines is 1. The van der Waals surface area contributed by atoms with Crippen LogP contribution in [-0.4, -0.2) is 16.1 Å². The third kappa shape index (κ3) is 2.00. The van der Waals surface area contributed by atoms with Gasteiger partial charge in [-0.3, -0.25) is 0 Å². The number of nitrogen functional groups attached to an aromatic ring is 1. The van der Waals surface area contributed by atoms with Gasteiger partial charge in [0.15, 0.2) is 0 Å². The number of rotatable bonds is 2. The van der Waals surface area contributed by atoms with Gasteiger partial charge in [-0.1, -0.05) is 0 Å². The molecule has 1 aromatic carbocycles. The molecule has 0 aliphatic heterocycles. The monoisotopic (exact) mass is 250 g/mol. The first-order chi connectivity index (χ1) is 8.50. The minimum Gasteiger partial charge on any atom is -0.478 e. The average molecular weight is 250 g/mol. The number of benzene rings is 1. The van der Waals surface area contributed by atoms with E-state index < -0.39 is 17.6 Å². The van der Waals surface area contributed by atoms with Crippen molar-refractivity contribution in [2.75, 3.05) is 5.73 Å². The highest BCUT2D eigenvalue weighted by molar-refractivity contribution is 6.00. The van der Waals surface area contributed by atoms with Crippen molar-refractivity contribution in [2.24, 2.45) is 0 Å². The summed E-state index contributed by atoms with van der Waals surface area (Å²) in [5.41, 5.74) is 4.92. The van der Waals surface area contributed by atoms with Gasteiger partial charge in [0.1, 0.15) is 23.0 Å². The molecule has 0 fully saturated rings. The molecule has 18 heavy (non-hydrogen) atoms. The van der Waals surface area contributed by atoms with Crippen LogP contribution in [0, 0.1) is 11.6 Å². The second-order valence-electron chi connectivity index (χ2n) is 3.55. The van der Waals surface area contributed by atoms with Gasteiger partial charge in [0.25, 0.3) is 0 Å². The molecule has 2 aromatic rings. The van der Waals surface area contributed by atoms with Gasteiger partial charge in [0, 0.05) is 17.3 Å². The fourth-order valence-corrected chi connectivity index (χ4v) is 1.63. The zero-order chi connectivity index (χ0) is 13.3. The summed E-state index contributed by atoms with van der Waals surface area (Å²) in [6, 6.07) is 4.06. The Bertz CT molecular complexity index is 629. The predicted molar refractivity (Wildman–Crippen MR) is 61.0 cm³/mol. The van der Waals surface area contributed by atoms with Crippen LogP contribution >= 0.6 is 0 Å². The van der Waals surface area contributed by atoms with Crippen molar-refractivity contribution in [3.63, 3.8) is 0 Å². The third-order valence-corrected chi connectivity index (χ3v) is 2.41. The standard InChI is InChI=1S/C12H8F2N2O2/c13-6-1-2-9(14)8(5-6)7-3-4-16-11(15)10(7)12(17)18/h1-5H,(H2,15,16)(H,17,18). The van der Waals surface area contributed by atoms with E-state index in [1.807, 2.05) is 0 Å². The minimum atomic E-state index is -1.35. The molecule has 0 amide bonds. The van der Waals surface area contributed by atoms with E-state index in [1.165, 1.54) is 12.3 Å². The smallest absolute Gasteiger partial charge is 0.340 e. The van der Waals surface area contributed by atoms with Crippen molar-refractivity contribution >= 4 is 11.8 Å². The Hall–Kier alpha value is -2.50. The molecule has 0 saturated heterocycles. The normalized spacial score (nSPS) is 10.3. The number of hydrogen-bond acceptors (Lipinski definition) is 3. The van der Waals surface area contributed by atoms with Crippen LogP contribution in [0.2, 0.25) is 0 Å². The maximum absolute atomic E-state index is 13.6. The van der Waals surface area contributed by atoms with Gasteiger partial charge in [-0.25, -0.2) is 18.6 Å². The molecule has 92 valence electrons. The fraction of sp³-hybridized carbons (Fsp3) is 0. The zero-order valence-corrected chi connectivity index (χ0v) is 9.02. The molecule has 2 rings (SSSR count). The minimum absolute atomic E-state index is 0.00741.